The molecule has 1 aromatic rings. The highest BCUT2D eigenvalue weighted by Crippen LogP contribution is 2.49. The van der Waals surface area contributed by atoms with E-state index in [2.05, 4.69) is 10.3 Å². The molecule has 2 saturated carbocycles. The van der Waals surface area contributed by atoms with Crippen molar-refractivity contribution in [2.24, 2.45) is 11.3 Å². The van der Waals surface area contributed by atoms with Crippen LogP contribution in [0.1, 0.15) is 50.6 Å². The SMILES string of the molecule is O=C(NCc1ccccn1)[C@@H]1CN(S(=O)(=O)C2CC2)CC12CCCCC2. The van der Waals surface area contributed by atoms with Gasteiger partial charge in [0.2, 0.25) is 15.9 Å². The Morgan fingerprint density at radius 1 is 1.23 bits per heavy atom. The molecule has 1 spiro atoms. The lowest BCUT2D eigenvalue weighted by Gasteiger charge is -2.37. The maximum Gasteiger partial charge on any atom is 0.225 e. The van der Waals surface area contributed by atoms with E-state index in [4.69, 9.17) is 0 Å². The Labute approximate surface area is 155 Å². The molecule has 142 valence electrons. The third-order valence-corrected chi connectivity index (χ3v) is 8.57. The second kappa shape index (κ2) is 6.93. The maximum absolute atomic E-state index is 13.0. The second-order valence-electron chi connectivity index (χ2n) is 8.05. The summed E-state index contributed by atoms with van der Waals surface area (Å²) in [5.41, 5.74) is 0.632. The topological polar surface area (TPSA) is 79.4 Å². The molecule has 0 aromatic carbocycles. The van der Waals surface area contributed by atoms with Crippen molar-refractivity contribution >= 4 is 15.9 Å². The normalized spacial score (nSPS) is 26.1. The van der Waals surface area contributed by atoms with E-state index in [0.717, 1.165) is 44.2 Å². The largest absolute Gasteiger partial charge is 0.350 e. The number of amides is 1. The first-order chi connectivity index (χ1) is 12.5. The lowest BCUT2D eigenvalue weighted by atomic mass is 9.67. The average Bonchev–Trinajstić information content (AvgIpc) is 3.45. The Morgan fingerprint density at radius 3 is 2.65 bits per heavy atom. The van der Waals surface area contributed by atoms with E-state index in [1.165, 1.54) is 6.42 Å². The number of sulfonamides is 1. The Balaban J connectivity index is 1.50. The standard InChI is InChI=1S/C19H27N3O3S/c23-18(21-12-15-6-2-5-11-20-15)17-13-22(26(24,25)16-7-8-16)14-19(17)9-3-1-4-10-19/h2,5-6,11,16-17H,1,3-4,7-10,12-14H2,(H,21,23)/t17-/m0/s1. The molecule has 0 radical (unpaired) electrons. The number of hydrogen-bond acceptors (Lipinski definition) is 4. The predicted octanol–water partition coefficient (Wildman–Crippen LogP) is 2.07. The van der Waals surface area contributed by atoms with Crippen LogP contribution in [0.4, 0.5) is 0 Å². The van der Waals surface area contributed by atoms with Gasteiger partial charge in [0.1, 0.15) is 0 Å². The van der Waals surface area contributed by atoms with E-state index in [1.807, 2.05) is 18.2 Å². The average molecular weight is 378 g/mol. The minimum atomic E-state index is -3.23. The van der Waals surface area contributed by atoms with E-state index in [1.54, 1.807) is 10.5 Å². The fraction of sp³-hybridized carbons (Fsp3) is 0.684. The van der Waals surface area contributed by atoms with Crippen LogP contribution < -0.4 is 5.32 Å². The van der Waals surface area contributed by atoms with E-state index in [9.17, 15) is 13.2 Å². The van der Waals surface area contributed by atoms with Gasteiger partial charge in [0.25, 0.3) is 0 Å². The zero-order chi connectivity index (χ0) is 18.2. The van der Waals surface area contributed by atoms with Gasteiger partial charge < -0.3 is 5.32 Å². The number of nitrogens with zero attached hydrogens (tertiary/aromatic N) is 2. The van der Waals surface area contributed by atoms with Crippen LogP contribution in [0.5, 0.6) is 0 Å². The van der Waals surface area contributed by atoms with E-state index >= 15 is 0 Å². The molecule has 1 amide bonds. The Kier molecular flexibility index (Phi) is 4.77. The molecular weight excluding hydrogens is 350 g/mol. The second-order valence-corrected chi connectivity index (χ2v) is 10.3. The van der Waals surface area contributed by atoms with E-state index in [0.29, 0.717) is 19.6 Å². The lowest BCUT2D eigenvalue weighted by Crippen LogP contribution is -2.42. The molecule has 3 aliphatic rings. The van der Waals surface area contributed by atoms with Crippen molar-refractivity contribution in [3.8, 4) is 0 Å². The predicted molar refractivity (Wildman–Crippen MR) is 98.6 cm³/mol. The molecule has 1 aliphatic heterocycles. The van der Waals surface area contributed by atoms with Gasteiger partial charge in [0.05, 0.1) is 23.4 Å². The molecule has 26 heavy (non-hydrogen) atoms. The van der Waals surface area contributed by atoms with Crippen molar-refractivity contribution in [1.82, 2.24) is 14.6 Å². The van der Waals surface area contributed by atoms with Crippen LogP contribution in [-0.2, 0) is 21.4 Å². The summed E-state index contributed by atoms with van der Waals surface area (Å²) in [6, 6.07) is 5.63. The fourth-order valence-corrected chi connectivity index (χ4v) is 6.57. The Morgan fingerprint density at radius 2 is 2.00 bits per heavy atom. The van der Waals surface area contributed by atoms with Crippen molar-refractivity contribution in [3.63, 3.8) is 0 Å². The van der Waals surface area contributed by atoms with Crippen molar-refractivity contribution in [3.05, 3.63) is 30.1 Å². The van der Waals surface area contributed by atoms with Crippen LogP contribution >= 0.6 is 0 Å². The zero-order valence-electron chi connectivity index (χ0n) is 15.1. The monoisotopic (exact) mass is 377 g/mol. The molecule has 1 aromatic heterocycles. The van der Waals surface area contributed by atoms with Crippen LogP contribution in [-0.4, -0.2) is 42.0 Å². The number of aromatic nitrogens is 1. The molecule has 7 heteroatoms. The highest BCUT2D eigenvalue weighted by atomic mass is 32.2. The molecule has 2 aliphatic carbocycles. The lowest BCUT2D eigenvalue weighted by molar-refractivity contribution is -0.128. The van der Waals surface area contributed by atoms with Gasteiger partial charge in [-0.2, -0.15) is 0 Å². The summed E-state index contributed by atoms with van der Waals surface area (Å²) in [6.07, 6.45) is 8.49. The molecule has 1 N–H and O–H groups in total. The van der Waals surface area contributed by atoms with Crippen molar-refractivity contribution in [1.29, 1.82) is 0 Å². The van der Waals surface area contributed by atoms with Gasteiger partial charge in [-0.3, -0.25) is 9.78 Å². The number of nitrogens with one attached hydrogen (secondary N) is 1. The van der Waals surface area contributed by atoms with Gasteiger partial charge in [0, 0.05) is 19.3 Å². The number of rotatable bonds is 5. The van der Waals surface area contributed by atoms with Crippen LogP contribution in [0.3, 0.4) is 0 Å². The number of pyridine rings is 1. The minimum absolute atomic E-state index is 0.0222. The van der Waals surface area contributed by atoms with Crippen LogP contribution in [0.15, 0.2) is 24.4 Å². The highest BCUT2D eigenvalue weighted by Gasteiger charge is 2.54. The molecule has 0 unspecified atom stereocenters. The third kappa shape index (κ3) is 3.39. The summed E-state index contributed by atoms with van der Waals surface area (Å²) in [4.78, 5) is 17.2. The van der Waals surface area contributed by atoms with Crippen LogP contribution in [0.25, 0.3) is 0 Å². The first kappa shape index (κ1) is 17.9. The molecule has 0 bridgehead atoms. The summed E-state index contributed by atoms with van der Waals surface area (Å²) in [5, 5.41) is 2.80. The maximum atomic E-state index is 13.0. The van der Waals surface area contributed by atoms with Gasteiger partial charge in [-0.05, 0) is 43.2 Å². The van der Waals surface area contributed by atoms with Gasteiger partial charge in [-0.1, -0.05) is 25.3 Å². The van der Waals surface area contributed by atoms with Crippen molar-refractivity contribution in [2.45, 2.75) is 56.7 Å². The zero-order valence-corrected chi connectivity index (χ0v) is 15.9. The molecule has 2 heterocycles. The summed E-state index contributed by atoms with van der Waals surface area (Å²) in [5.74, 6) is -0.272. The molecular formula is C19H27N3O3S. The first-order valence-electron chi connectivity index (χ1n) is 9.68. The molecule has 1 saturated heterocycles. The molecule has 6 nitrogen and oxygen atoms in total. The van der Waals surface area contributed by atoms with Crippen LogP contribution in [0.2, 0.25) is 0 Å². The number of carbonyl (C=O) groups is 1. The van der Waals surface area contributed by atoms with Crippen molar-refractivity contribution in [2.75, 3.05) is 13.1 Å². The van der Waals surface area contributed by atoms with E-state index in [-0.39, 0.29) is 22.5 Å². The quantitative estimate of drug-likeness (QED) is 0.852. The number of hydrogen-bond donors (Lipinski definition) is 1. The van der Waals surface area contributed by atoms with Gasteiger partial charge in [-0.25, -0.2) is 12.7 Å². The van der Waals surface area contributed by atoms with Gasteiger partial charge in [-0.15, -0.1) is 0 Å². The van der Waals surface area contributed by atoms with E-state index < -0.39 is 10.0 Å². The minimum Gasteiger partial charge on any atom is -0.350 e. The van der Waals surface area contributed by atoms with Gasteiger partial charge >= 0.3 is 0 Å². The summed E-state index contributed by atoms with van der Waals surface area (Å²) < 4.78 is 27.1. The summed E-state index contributed by atoms with van der Waals surface area (Å²) in [7, 11) is -3.23. The Hall–Kier alpha value is -1.47. The molecule has 1 atom stereocenters. The smallest absolute Gasteiger partial charge is 0.225 e. The molecule has 3 fully saturated rings. The molecule has 4 rings (SSSR count). The fourth-order valence-electron chi connectivity index (χ4n) is 4.62. The van der Waals surface area contributed by atoms with Crippen LogP contribution in [0, 0.1) is 11.3 Å². The third-order valence-electron chi connectivity index (χ3n) is 6.26. The van der Waals surface area contributed by atoms with Crippen molar-refractivity contribution < 1.29 is 13.2 Å². The summed E-state index contributed by atoms with van der Waals surface area (Å²) in [6.45, 7) is 1.25. The highest BCUT2D eigenvalue weighted by molar-refractivity contribution is 7.90. The number of carbonyl (C=O) groups excluding carboxylic acids is 1. The summed E-state index contributed by atoms with van der Waals surface area (Å²) >= 11 is 0. The first-order valence-corrected chi connectivity index (χ1v) is 11.2. The van der Waals surface area contributed by atoms with Gasteiger partial charge in [0.15, 0.2) is 0 Å². The Bertz CT molecular complexity index is 755.